The lowest BCUT2D eigenvalue weighted by atomic mass is 10.1. The Morgan fingerprint density at radius 1 is 1.00 bits per heavy atom. The van der Waals surface area contributed by atoms with E-state index in [-0.39, 0.29) is 16.5 Å². The van der Waals surface area contributed by atoms with Crippen LogP contribution in [0.1, 0.15) is 21.5 Å². The van der Waals surface area contributed by atoms with E-state index in [4.69, 9.17) is 0 Å². The number of rotatable bonds is 5. The van der Waals surface area contributed by atoms with Crippen molar-refractivity contribution in [2.75, 3.05) is 7.05 Å². The topological polar surface area (TPSA) is 67.3 Å². The summed E-state index contributed by atoms with van der Waals surface area (Å²) in [5.74, 6) is -1.00. The van der Waals surface area contributed by atoms with Gasteiger partial charge in [0.05, 0.1) is 5.75 Å². The summed E-state index contributed by atoms with van der Waals surface area (Å²) < 4.78 is 39.8. The van der Waals surface area contributed by atoms with E-state index in [1.165, 1.54) is 29.7 Å². The minimum absolute atomic E-state index is 0.0305. The van der Waals surface area contributed by atoms with Crippen molar-refractivity contribution in [2.45, 2.75) is 17.3 Å². The Bertz CT molecular complexity index is 1480. The van der Waals surface area contributed by atoms with Crippen LogP contribution in [0.5, 0.6) is 0 Å². The molecule has 0 fully saturated rings. The molecule has 0 unspecified atom stereocenters. The maximum absolute atomic E-state index is 14.5. The van der Waals surface area contributed by atoms with Gasteiger partial charge in [0, 0.05) is 40.7 Å². The molecule has 33 heavy (non-hydrogen) atoms. The number of thiophene rings is 1. The maximum Gasteiger partial charge on any atom is 0.254 e. The third kappa shape index (κ3) is 4.07. The lowest BCUT2D eigenvalue weighted by Crippen LogP contribution is -2.17. The van der Waals surface area contributed by atoms with Crippen LogP contribution < -0.4 is 0 Å². The number of halogens is 1. The highest BCUT2D eigenvalue weighted by Crippen LogP contribution is 2.37. The predicted molar refractivity (Wildman–Crippen MR) is 126 cm³/mol. The standard InChI is InChI=1S/C25H19FN2O3S2/c1-28-14-18-12-16(5-7-20(18)25(28)29)22-9-10-23(32-22)17-6-8-21(26)19(13-17)15-33(30,31)24-4-2-3-11-27-24/h2-13H,14-15H2,1H3. The van der Waals surface area contributed by atoms with Crippen molar-refractivity contribution in [2.24, 2.45) is 0 Å². The molecule has 8 heteroatoms. The number of carbonyl (C=O) groups is 1. The van der Waals surface area contributed by atoms with Crippen LogP contribution in [0.4, 0.5) is 4.39 Å². The van der Waals surface area contributed by atoms with Gasteiger partial charge in [-0.3, -0.25) is 4.79 Å². The Morgan fingerprint density at radius 2 is 1.73 bits per heavy atom. The molecule has 3 heterocycles. The normalized spacial score (nSPS) is 13.4. The second kappa shape index (κ2) is 8.20. The second-order valence-corrected chi connectivity index (χ2v) is 11.0. The summed E-state index contributed by atoms with van der Waals surface area (Å²) in [6, 6.07) is 18.9. The number of amides is 1. The molecule has 5 rings (SSSR count). The lowest BCUT2D eigenvalue weighted by molar-refractivity contribution is 0.0816. The predicted octanol–water partition coefficient (Wildman–Crippen LogP) is 5.18. The van der Waals surface area contributed by atoms with Gasteiger partial charge < -0.3 is 4.90 Å². The highest BCUT2D eigenvalue weighted by molar-refractivity contribution is 7.90. The highest BCUT2D eigenvalue weighted by Gasteiger charge is 2.24. The van der Waals surface area contributed by atoms with E-state index in [0.717, 1.165) is 32.0 Å². The van der Waals surface area contributed by atoms with Gasteiger partial charge in [-0.1, -0.05) is 18.2 Å². The van der Waals surface area contributed by atoms with Crippen molar-refractivity contribution in [1.82, 2.24) is 9.88 Å². The molecule has 4 aromatic rings. The second-order valence-electron chi connectivity index (χ2n) is 7.93. The monoisotopic (exact) mass is 478 g/mol. The third-order valence-electron chi connectivity index (χ3n) is 5.61. The Morgan fingerprint density at radius 3 is 2.45 bits per heavy atom. The quantitative estimate of drug-likeness (QED) is 0.397. The molecule has 0 aliphatic carbocycles. The van der Waals surface area contributed by atoms with Gasteiger partial charge in [-0.25, -0.2) is 17.8 Å². The largest absolute Gasteiger partial charge is 0.337 e. The van der Waals surface area contributed by atoms with Gasteiger partial charge in [0.25, 0.3) is 5.91 Å². The summed E-state index contributed by atoms with van der Waals surface area (Å²) in [5, 5.41) is -0.0750. The van der Waals surface area contributed by atoms with Crippen LogP contribution >= 0.6 is 11.3 Å². The van der Waals surface area contributed by atoms with Crippen LogP contribution in [-0.2, 0) is 22.1 Å². The fourth-order valence-electron chi connectivity index (χ4n) is 3.92. The van der Waals surface area contributed by atoms with Crippen molar-refractivity contribution in [1.29, 1.82) is 0 Å². The van der Waals surface area contributed by atoms with Crippen LogP contribution in [-0.4, -0.2) is 31.3 Å². The molecule has 0 saturated carbocycles. The van der Waals surface area contributed by atoms with Crippen molar-refractivity contribution < 1.29 is 17.6 Å². The van der Waals surface area contributed by atoms with E-state index < -0.39 is 21.4 Å². The van der Waals surface area contributed by atoms with E-state index in [2.05, 4.69) is 4.98 Å². The number of hydrogen-bond donors (Lipinski definition) is 0. The summed E-state index contributed by atoms with van der Waals surface area (Å²) >= 11 is 1.53. The molecule has 1 aliphatic rings. The number of fused-ring (bicyclic) bond motifs is 1. The summed E-state index contributed by atoms with van der Waals surface area (Å²) in [5.41, 5.74) is 3.59. The van der Waals surface area contributed by atoms with Crippen LogP contribution in [0.15, 0.2) is 78.0 Å². The number of carbonyl (C=O) groups excluding carboxylic acids is 1. The first kappa shape index (κ1) is 21.5. The van der Waals surface area contributed by atoms with Crippen LogP contribution in [0.3, 0.4) is 0 Å². The molecular weight excluding hydrogens is 459 g/mol. The van der Waals surface area contributed by atoms with E-state index >= 15 is 0 Å². The molecule has 5 nitrogen and oxygen atoms in total. The Hall–Kier alpha value is -3.36. The fraction of sp³-hybridized carbons (Fsp3) is 0.120. The molecular formula is C25H19FN2O3S2. The third-order valence-corrected chi connectivity index (χ3v) is 8.37. The average Bonchev–Trinajstić information content (AvgIpc) is 3.41. The molecule has 0 saturated heterocycles. The van der Waals surface area contributed by atoms with Gasteiger partial charge in [-0.15, -0.1) is 11.3 Å². The molecule has 0 atom stereocenters. The number of pyridine rings is 1. The van der Waals surface area contributed by atoms with Gasteiger partial charge in [-0.05, 0) is 65.2 Å². The van der Waals surface area contributed by atoms with E-state index in [1.54, 1.807) is 36.2 Å². The fourth-order valence-corrected chi connectivity index (χ4v) is 6.20. The molecule has 0 bridgehead atoms. The van der Waals surface area contributed by atoms with Crippen LogP contribution in [0, 0.1) is 5.82 Å². The number of hydrogen-bond acceptors (Lipinski definition) is 5. The van der Waals surface area contributed by atoms with E-state index in [9.17, 15) is 17.6 Å². The molecule has 0 N–H and O–H groups in total. The van der Waals surface area contributed by atoms with Crippen molar-refractivity contribution >= 4 is 27.1 Å². The van der Waals surface area contributed by atoms with Gasteiger partial charge >= 0.3 is 0 Å². The smallest absolute Gasteiger partial charge is 0.254 e. The van der Waals surface area contributed by atoms with Gasteiger partial charge in [0.2, 0.25) is 0 Å². The molecule has 2 aromatic carbocycles. The summed E-state index contributed by atoms with van der Waals surface area (Å²) in [7, 11) is -1.98. The van der Waals surface area contributed by atoms with Gasteiger partial charge in [-0.2, -0.15) is 0 Å². The number of sulfone groups is 1. The van der Waals surface area contributed by atoms with E-state index in [0.29, 0.717) is 6.54 Å². The zero-order chi connectivity index (χ0) is 23.2. The average molecular weight is 479 g/mol. The van der Waals surface area contributed by atoms with Crippen molar-refractivity contribution in [3.05, 3.63) is 95.4 Å². The summed E-state index contributed by atoms with van der Waals surface area (Å²) in [4.78, 5) is 19.6. The molecule has 0 spiro atoms. The minimum Gasteiger partial charge on any atom is -0.337 e. The zero-order valence-corrected chi connectivity index (χ0v) is 19.3. The summed E-state index contributed by atoms with van der Waals surface area (Å²) in [6.07, 6.45) is 1.40. The van der Waals surface area contributed by atoms with Gasteiger partial charge in [0.1, 0.15) is 5.82 Å². The Balaban J connectivity index is 1.44. The number of benzene rings is 2. The molecule has 0 radical (unpaired) electrons. The Kier molecular flexibility index (Phi) is 5.34. The highest BCUT2D eigenvalue weighted by atomic mass is 32.2. The summed E-state index contributed by atoms with van der Waals surface area (Å²) in [6.45, 7) is 0.590. The van der Waals surface area contributed by atoms with Crippen LogP contribution in [0.25, 0.3) is 20.9 Å². The van der Waals surface area contributed by atoms with Crippen molar-refractivity contribution in [3.8, 4) is 20.9 Å². The van der Waals surface area contributed by atoms with Gasteiger partial charge in [0.15, 0.2) is 14.9 Å². The first-order chi connectivity index (χ1) is 15.8. The molecule has 1 aliphatic heterocycles. The SMILES string of the molecule is CN1Cc2cc(-c3ccc(-c4ccc(F)c(CS(=O)(=O)c5ccccn5)c4)s3)ccc2C1=O. The zero-order valence-electron chi connectivity index (χ0n) is 17.7. The first-order valence-electron chi connectivity index (χ1n) is 10.2. The van der Waals surface area contributed by atoms with E-state index in [1.807, 2.05) is 30.3 Å². The number of nitrogens with zero attached hydrogens (tertiary/aromatic N) is 2. The van der Waals surface area contributed by atoms with Crippen LogP contribution in [0.2, 0.25) is 0 Å². The number of aromatic nitrogens is 1. The Labute approximate surface area is 195 Å². The molecule has 1 amide bonds. The maximum atomic E-state index is 14.5. The molecule has 2 aromatic heterocycles. The molecule has 166 valence electrons. The van der Waals surface area contributed by atoms with Crippen molar-refractivity contribution in [3.63, 3.8) is 0 Å². The minimum atomic E-state index is -3.77. The first-order valence-corrected chi connectivity index (χ1v) is 12.7. The lowest BCUT2D eigenvalue weighted by Gasteiger charge is -2.07.